The number of halogens is 1. The van der Waals surface area contributed by atoms with Crippen molar-refractivity contribution in [2.75, 3.05) is 14.2 Å². The van der Waals surface area contributed by atoms with Crippen molar-refractivity contribution in [2.24, 2.45) is 0 Å². The average Bonchev–Trinajstić information content (AvgIpc) is 2.52. The Labute approximate surface area is 134 Å². The van der Waals surface area contributed by atoms with Gasteiger partial charge in [0.05, 0.1) is 25.9 Å². The van der Waals surface area contributed by atoms with E-state index in [0.29, 0.717) is 17.9 Å². The van der Waals surface area contributed by atoms with E-state index in [1.54, 1.807) is 20.1 Å². The highest BCUT2D eigenvalue weighted by Crippen LogP contribution is 2.35. The van der Waals surface area contributed by atoms with Gasteiger partial charge >= 0.3 is 0 Å². The van der Waals surface area contributed by atoms with Crippen LogP contribution in [0.4, 0.5) is 0 Å². The Kier molecular flexibility index (Phi) is 5.46. The highest BCUT2D eigenvalue weighted by molar-refractivity contribution is 6.29. The van der Waals surface area contributed by atoms with Crippen LogP contribution >= 0.6 is 11.6 Å². The van der Waals surface area contributed by atoms with Crippen LogP contribution in [0, 0.1) is 0 Å². The summed E-state index contributed by atoms with van der Waals surface area (Å²) in [7, 11) is 3.12. The number of ether oxygens (including phenoxy) is 3. The molecule has 0 fully saturated rings. The van der Waals surface area contributed by atoms with Crippen molar-refractivity contribution in [3.8, 4) is 17.4 Å². The van der Waals surface area contributed by atoms with Gasteiger partial charge in [0.2, 0.25) is 5.88 Å². The number of nitrogens with zero attached hydrogens (tertiary/aromatic N) is 1. The number of aromatic nitrogens is 1. The number of aliphatic hydroxyl groups excluding tert-OH is 1. The second-order valence-electron chi connectivity index (χ2n) is 4.68. The summed E-state index contributed by atoms with van der Waals surface area (Å²) in [5, 5.41) is 10.2. The molecule has 0 aliphatic heterocycles. The lowest BCUT2D eigenvalue weighted by atomic mass is 10.1. The van der Waals surface area contributed by atoms with E-state index in [9.17, 15) is 5.11 Å². The van der Waals surface area contributed by atoms with Crippen molar-refractivity contribution in [3.63, 3.8) is 0 Å². The summed E-state index contributed by atoms with van der Waals surface area (Å²) in [4.78, 5) is 4.13. The minimum absolute atomic E-state index is 0.242. The Morgan fingerprint density at radius 3 is 2.41 bits per heavy atom. The fourth-order valence-corrected chi connectivity index (χ4v) is 2.19. The zero-order valence-electron chi connectivity index (χ0n) is 12.7. The van der Waals surface area contributed by atoms with Crippen molar-refractivity contribution in [3.05, 3.63) is 46.6 Å². The maximum atomic E-state index is 9.91. The van der Waals surface area contributed by atoms with Gasteiger partial charge in [-0.1, -0.05) is 23.7 Å². The Balaban J connectivity index is 2.22. The van der Waals surface area contributed by atoms with Gasteiger partial charge in [0.15, 0.2) is 0 Å². The number of hydrogen-bond acceptors (Lipinski definition) is 5. The molecule has 0 aliphatic rings. The monoisotopic (exact) mass is 323 g/mol. The molecular weight excluding hydrogens is 306 g/mol. The summed E-state index contributed by atoms with van der Waals surface area (Å²) in [6, 6.07) is 9.02. The molecule has 0 amide bonds. The number of methoxy groups -OCH3 is 2. The number of hydrogen-bond donors (Lipinski definition) is 1. The van der Waals surface area contributed by atoms with Crippen LogP contribution in [0.3, 0.4) is 0 Å². The predicted octanol–water partition coefficient (Wildman–Crippen LogP) is 3.38. The lowest BCUT2D eigenvalue weighted by Crippen LogP contribution is -2.05. The molecule has 6 heteroatoms. The van der Waals surface area contributed by atoms with Crippen LogP contribution in [0.5, 0.6) is 17.4 Å². The zero-order valence-corrected chi connectivity index (χ0v) is 13.4. The highest BCUT2D eigenvalue weighted by Gasteiger charge is 2.18. The Morgan fingerprint density at radius 2 is 1.86 bits per heavy atom. The number of pyridine rings is 1. The van der Waals surface area contributed by atoms with Gasteiger partial charge in [0.1, 0.15) is 23.3 Å². The molecule has 2 aromatic rings. The summed E-state index contributed by atoms with van der Waals surface area (Å²) in [5.74, 6) is 1.48. The van der Waals surface area contributed by atoms with Gasteiger partial charge in [0.25, 0.3) is 0 Å². The molecule has 2 rings (SSSR count). The van der Waals surface area contributed by atoms with E-state index >= 15 is 0 Å². The first-order valence-corrected chi connectivity index (χ1v) is 7.11. The molecule has 1 N–H and O–H groups in total. The van der Waals surface area contributed by atoms with Gasteiger partial charge in [-0.15, -0.1) is 0 Å². The van der Waals surface area contributed by atoms with E-state index in [0.717, 1.165) is 11.3 Å². The van der Waals surface area contributed by atoms with E-state index in [-0.39, 0.29) is 11.0 Å². The SMILES string of the molecule is COc1ccc(COc2nc(Cl)cc(OC)c2C(C)O)cc1. The van der Waals surface area contributed by atoms with Crippen LogP contribution in [-0.2, 0) is 6.61 Å². The summed E-state index contributed by atoms with van der Waals surface area (Å²) in [6.07, 6.45) is -0.786. The quantitative estimate of drug-likeness (QED) is 0.826. The number of rotatable bonds is 6. The Morgan fingerprint density at radius 1 is 1.18 bits per heavy atom. The van der Waals surface area contributed by atoms with Crippen molar-refractivity contribution >= 4 is 11.6 Å². The zero-order chi connectivity index (χ0) is 16.1. The third kappa shape index (κ3) is 3.81. The van der Waals surface area contributed by atoms with E-state index < -0.39 is 6.10 Å². The Bertz CT molecular complexity index is 629. The molecule has 22 heavy (non-hydrogen) atoms. The first-order valence-electron chi connectivity index (χ1n) is 6.73. The Hall–Kier alpha value is -1.98. The topological polar surface area (TPSA) is 60.8 Å². The molecule has 0 saturated heterocycles. The van der Waals surface area contributed by atoms with Crippen LogP contribution in [-0.4, -0.2) is 24.3 Å². The smallest absolute Gasteiger partial charge is 0.224 e. The lowest BCUT2D eigenvalue weighted by molar-refractivity contribution is 0.182. The van der Waals surface area contributed by atoms with E-state index in [4.69, 9.17) is 25.8 Å². The lowest BCUT2D eigenvalue weighted by Gasteiger charge is -2.16. The van der Waals surface area contributed by atoms with Crippen molar-refractivity contribution in [1.29, 1.82) is 0 Å². The fourth-order valence-electron chi connectivity index (χ4n) is 2.02. The third-order valence-corrected chi connectivity index (χ3v) is 3.32. The van der Waals surface area contributed by atoms with Crippen LogP contribution in [0.15, 0.2) is 30.3 Å². The van der Waals surface area contributed by atoms with Crippen LogP contribution in [0.1, 0.15) is 24.2 Å². The minimum atomic E-state index is -0.786. The van der Waals surface area contributed by atoms with E-state index in [2.05, 4.69) is 4.98 Å². The number of aliphatic hydroxyl groups is 1. The molecule has 0 radical (unpaired) electrons. The molecular formula is C16H18ClNO4. The summed E-state index contributed by atoms with van der Waals surface area (Å²) >= 11 is 5.96. The second-order valence-corrected chi connectivity index (χ2v) is 5.07. The van der Waals surface area contributed by atoms with Crippen LogP contribution in [0.25, 0.3) is 0 Å². The molecule has 0 bridgehead atoms. The van der Waals surface area contributed by atoms with Gasteiger partial charge in [-0.2, -0.15) is 0 Å². The molecule has 5 nitrogen and oxygen atoms in total. The third-order valence-electron chi connectivity index (χ3n) is 3.13. The predicted molar refractivity (Wildman–Crippen MR) is 83.8 cm³/mol. The molecule has 1 atom stereocenters. The van der Waals surface area contributed by atoms with Crippen LogP contribution in [0.2, 0.25) is 5.15 Å². The van der Waals surface area contributed by atoms with Gasteiger partial charge < -0.3 is 19.3 Å². The normalized spacial score (nSPS) is 11.9. The summed E-state index contributed by atoms with van der Waals surface area (Å²) in [6.45, 7) is 1.91. The van der Waals surface area contributed by atoms with Gasteiger partial charge in [-0.25, -0.2) is 4.98 Å². The second kappa shape index (κ2) is 7.33. The van der Waals surface area contributed by atoms with E-state index in [1.165, 1.54) is 7.11 Å². The van der Waals surface area contributed by atoms with Gasteiger partial charge in [0, 0.05) is 6.07 Å². The molecule has 118 valence electrons. The minimum Gasteiger partial charge on any atom is -0.497 e. The largest absolute Gasteiger partial charge is 0.497 e. The van der Waals surface area contributed by atoms with Crippen LogP contribution < -0.4 is 14.2 Å². The molecule has 1 heterocycles. The fraction of sp³-hybridized carbons (Fsp3) is 0.312. The molecule has 1 aromatic carbocycles. The first kappa shape index (κ1) is 16.4. The number of benzene rings is 1. The van der Waals surface area contributed by atoms with Gasteiger partial charge in [-0.05, 0) is 24.6 Å². The molecule has 0 saturated carbocycles. The average molecular weight is 324 g/mol. The maximum absolute atomic E-state index is 9.91. The van der Waals surface area contributed by atoms with Gasteiger partial charge in [-0.3, -0.25) is 0 Å². The van der Waals surface area contributed by atoms with Crippen molar-refractivity contribution in [1.82, 2.24) is 4.98 Å². The molecule has 1 unspecified atom stereocenters. The summed E-state index contributed by atoms with van der Waals surface area (Å²) < 4.78 is 16.0. The molecule has 1 aromatic heterocycles. The standard InChI is InChI=1S/C16H18ClNO4/c1-10(19)15-13(21-3)8-14(17)18-16(15)22-9-11-4-6-12(20-2)7-5-11/h4-8,10,19H,9H2,1-3H3. The van der Waals surface area contributed by atoms with Crippen molar-refractivity contribution < 1.29 is 19.3 Å². The van der Waals surface area contributed by atoms with E-state index in [1.807, 2.05) is 24.3 Å². The summed E-state index contributed by atoms with van der Waals surface area (Å²) in [5.41, 5.74) is 1.42. The molecule has 0 spiro atoms. The highest BCUT2D eigenvalue weighted by atomic mass is 35.5. The first-order chi connectivity index (χ1) is 10.5. The maximum Gasteiger partial charge on any atom is 0.224 e. The van der Waals surface area contributed by atoms with Crippen molar-refractivity contribution in [2.45, 2.75) is 19.6 Å². The molecule has 0 aliphatic carbocycles.